The van der Waals surface area contributed by atoms with Crippen molar-refractivity contribution in [3.05, 3.63) is 11.5 Å². The van der Waals surface area contributed by atoms with Crippen molar-refractivity contribution in [1.29, 1.82) is 0 Å². The summed E-state index contributed by atoms with van der Waals surface area (Å²) in [6, 6.07) is 0. The lowest BCUT2D eigenvalue weighted by Gasteiger charge is -2.13. The fraction of sp³-hybridized carbons (Fsp3) is 0.733. The fourth-order valence-corrected chi connectivity index (χ4v) is 2.85. The van der Waals surface area contributed by atoms with Crippen molar-refractivity contribution in [3.8, 4) is 0 Å². The molecular weight excluding hydrogens is 286 g/mol. The Hall–Kier alpha value is -1.07. The van der Waals surface area contributed by atoms with Crippen LogP contribution in [0.25, 0.3) is 11.2 Å². The summed E-state index contributed by atoms with van der Waals surface area (Å²) in [4.78, 5) is 6.95. The third-order valence-corrected chi connectivity index (χ3v) is 3.92. The van der Waals surface area contributed by atoms with Crippen LogP contribution in [0.1, 0.15) is 43.6 Å². The van der Waals surface area contributed by atoms with Crippen LogP contribution in [0.3, 0.4) is 0 Å². The van der Waals surface area contributed by atoms with Crippen molar-refractivity contribution >= 4 is 22.8 Å². The second kappa shape index (κ2) is 6.79. The number of hydrogen-bond acceptors (Lipinski definition) is 3. The quantitative estimate of drug-likeness (QED) is 0.582. The first-order valence-corrected chi connectivity index (χ1v) is 8.11. The Balaban J connectivity index is 2.31. The van der Waals surface area contributed by atoms with Gasteiger partial charge in [-0.25, -0.2) is 9.67 Å². The van der Waals surface area contributed by atoms with Crippen LogP contribution >= 0.6 is 11.6 Å². The monoisotopic (exact) mass is 311 g/mol. The molecule has 0 aliphatic carbocycles. The summed E-state index contributed by atoms with van der Waals surface area (Å²) < 4.78 is 4.29. The number of nitrogens with zero attached hydrogens (tertiary/aromatic N) is 5. The standard InChI is InChI=1S/C15H26ClN5/c1-6-21-15-13(12(3)18-21)17-14(11(2)16)20(15)10-8-7-9-19(4)5/h11H,6-10H2,1-5H3. The normalized spacial score (nSPS) is 13.5. The van der Waals surface area contributed by atoms with E-state index in [-0.39, 0.29) is 5.38 Å². The lowest BCUT2D eigenvalue weighted by Crippen LogP contribution is -2.14. The molecule has 0 saturated heterocycles. The van der Waals surface area contributed by atoms with E-state index in [0.717, 1.165) is 48.7 Å². The van der Waals surface area contributed by atoms with Crippen LogP contribution in [0, 0.1) is 6.92 Å². The summed E-state index contributed by atoms with van der Waals surface area (Å²) in [6.45, 7) is 9.01. The molecule has 2 aromatic rings. The van der Waals surface area contributed by atoms with Crippen molar-refractivity contribution < 1.29 is 0 Å². The number of imidazole rings is 1. The highest BCUT2D eigenvalue weighted by Gasteiger charge is 2.20. The minimum Gasteiger partial charge on any atom is -0.312 e. The van der Waals surface area contributed by atoms with E-state index < -0.39 is 0 Å². The van der Waals surface area contributed by atoms with Crippen molar-refractivity contribution in [2.75, 3.05) is 20.6 Å². The Bertz CT molecular complexity index is 597. The molecule has 0 fully saturated rings. The molecule has 2 heterocycles. The molecule has 0 amide bonds. The van der Waals surface area contributed by atoms with Crippen molar-refractivity contribution in [1.82, 2.24) is 24.2 Å². The van der Waals surface area contributed by atoms with E-state index in [0.29, 0.717) is 0 Å². The van der Waals surface area contributed by atoms with Gasteiger partial charge in [0.1, 0.15) is 11.3 Å². The van der Waals surface area contributed by atoms with Gasteiger partial charge >= 0.3 is 0 Å². The van der Waals surface area contributed by atoms with Gasteiger partial charge in [0.05, 0.1) is 11.1 Å². The third kappa shape index (κ3) is 3.40. The fourth-order valence-electron chi connectivity index (χ4n) is 2.68. The zero-order chi connectivity index (χ0) is 15.6. The summed E-state index contributed by atoms with van der Waals surface area (Å²) in [5.41, 5.74) is 3.09. The molecule has 0 aliphatic rings. The Kier molecular flexibility index (Phi) is 5.27. The van der Waals surface area contributed by atoms with E-state index >= 15 is 0 Å². The number of alkyl halides is 1. The minimum absolute atomic E-state index is 0.0871. The third-order valence-electron chi connectivity index (χ3n) is 3.72. The summed E-state index contributed by atoms with van der Waals surface area (Å²) in [7, 11) is 4.22. The van der Waals surface area contributed by atoms with E-state index in [9.17, 15) is 0 Å². The van der Waals surface area contributed by atoms with Gasteiger partial charge in [-0.05, 0) is 54.3 Å². The summed E-state index contributed by atoms with van der Waals surface area (Å²) in [6.07, 6.45) is 2.29. The molecule has 0 spiro atoms. The van der Waals surface area contributed by atoms with Crippen LogP contribution in [-0.4, -0.2) is 44.9 Å². The molecule has 1 atom stereocenters. The van der Waals surface area contributed by atoms with Crippen molar-refractivity contribution in [3.63, 3.8) is 0 Å². The van der Waals surface area contributed by atoms with Crippen LogP contribution in [0.15, 0.2) is 0 Å². The first kappa shape index (κ1) is 16.3. The average Bonchev–Trinajstić information content (AvgIpc) is 2.93. The van der Waals surface area contributed by atoms with E-state index in [4.69, 9.17) is 16.6 Å². The Morgan fingerprint density at radius 3 is 2.57 bits per heavy atom. The summed E-state index contributed by atoms with van der Waals surface area (Å²) in [5, 5.41) is 4.48. The second-order valence-corrected chi connectivity index (χ2v) is 6.48. The van der Waals surface area contributed by atoms with Gasteiger partial charge in [0.15, 0.2) is 5.65 Å². The van der Waals surface area contributed by atoms with E-state index in [1.807, 2.05) is 18.5 Å². The van der Waals surface area contributed by atoms with Gasteiger partial charge in [-0.1, -0.05) is 0 Å². The Morgan fingerprint density at radius 2 is 2.00 bits per heavy atom. The molecule has 21 heavy (non-hydrogen) atoms. The molecule has 118 valence electrons. The number of fused-ring (bicyclic) bond motifs is 1. The van der Waals surface area contributed by atoms with Gasteiger partial charge in [0.2, 0.25) is 0 Å². The van der Waals surface area contributed by atoms with E-state index in [2.05, 4.69) is 35.6 Å². The lowest BCUT2D eigenvalue weighted by molar-refractivity contribution is 0.387. The van der Waals surface area contributed by atoms with Gasteiger partial charge in [-0.2, -0.15) is 5.10 Å². The average molecular weight is 312 g/mol. The molecule has 2 rings (SSSR count). The van der Waals surface area contributed by atoms with Crippen LogP contribution < -0.4 is 0 Å². The molecule has 5 nitrogen and oxygen atoms in total. The predicted molar refractivity (Wildman–Crippen MR) is 88.0 cm³/mol. The lowest BCUT2D eigenvalue weighted by atomic mass is 10.3. The Labute approximate surface area is 131 Å². The SMILES string of the molecule is CCn1nc(C)c2nc(C(C)Cl)n(CCCCN(C)C)c21. The van der Waals surface area contributed by atoms with Gasteiger partial charge in [0.25, 0.3) is 0 Å². The predicted octanol–water partition coefficient (Wildman–Crippen LogP) is 3.20. The van der Waals surface area contributed by atoms with Gasteiger partial charge < -0.3 is 9.47 Å². The molecule has 0 saturated carbocycles. The topological polar surface area (TPSA) is 38.9 Å². The summed E-state index contributed by atoms with van der Waals surface area (Å²) >= 11 is 6.33. The van der Waals surface area contributed by atoms with Crippen LogP contribution in [-0.2, 0) is 13.1 Å². The molecule has 0 aliphatic heterocycles. The Morgan fingerprint density at radius 1 is 1.29 bits per heavy atom. The number of aryl methyl sites for hydroxylation is 3. The number of rotatable bonds is 7. The molecule has 1 unspecified atom stereocenters. The highest BCUT2D eigenvalue weighted by molar-refractivity contribution is 6.20. The molecule has 0 radical (unpaired) electrons. The van der Waals surface area contributed by atoms with Gasteiger partial charge in [-0.3, -0.25) is 0 Å². The number of hydrogen-bond donors (Lipinski definition) is 0. The zero-order valence-corrected chi connectivity index (χ0v) is 14.5. The largest absolute Gasteiger partial charge is 0.312 e. The minimum atomic E-state index is -0.0871. The highest BCUT2D eigenvalue weighted by atomic mass is 35.5. The highest BCUT2D eigenvalue weighted by Crippen LogP contribution is 2.26. The van der Waals surface area contributed by atoms with Crippen LogP contribution in [0.4, 0.5) is 0 Å². The van der Waals surface area contributed by atoms with Gasteiger partial charge in [0, 0.05) is 13.1 Å². The number of aromatic nitrogens is 4. The molecule has 0 aromatic carbocycles. The summed E-state index contributed by atoms with van der Waals surface area (Å²) in [5.74, 6) is 0.958. The number of unbranched alkanes of at least 4 members (excludes halogenated alkanes) is 1. The van der Waals surface area contributed by atoms with E-state index in [1.165, 1.54) is 6.42 Å². The number of halogens is 1. The first-order chi connectivity index (χ1) is 9.95. The van der Waals surface area contributed by atoms with Gasteiger partial charge in [-0.15, -0.1) is 11.6 Å². The maximum atomic E-state index is 6.33. The van der Waals surface area contributed by atoms with Crippen molar-refractivity contribution in [2.45, 2.75) is 52.1 Å². The maximum Gasteiger partial charge on any atom is 0.158 e. The van der Waals surface area contributed by atoms with E-state index in [1.54, 1.807) is 0 Å². The second-order valence-electron chi connectivity index (χ2n) is 5.82. The molecule has 0 bridgehead atoms. The first-order valence-electron chi connectivity index (χ1n) is 7.68. The van der Waals surface area contributed by atoms with Crippen LogP contribution in [0.5, 0.6) is 0 Å². The maximum absolute atomic E-state index is 6.33. The van der Waals surface area contributed by atoms with Crippen molar-refractivity contribution in [2.24, 2.45) is 0 Å². The smallest absolute Gasteiger partial charge is 0.158 e. The van der Waals surface area contributed by atoms with Crippen LogP contribution in [0.2, 0.25) is 0 Å². The molecular formula is C15H26ClN5. The molecule has 2 aromatic heterocycles. The molecule has 0 N–H and O–H groups in total. The molecule has 6 heteroatoms. The zero-order valence-electron chi connectivity index (χ0n) is 13.7.